The van der Waals surface area contributed by atoms with Crippen molar-refractivity contribution in [2.75, 3.05) is 27.2 Å². The fraction of sp³-hybridized carbons (Fsp3) is 0.500. The lowest BCUT2D eigenvalue weighted by molar-refractivity contribution is 0.0758. The largest absolute Gasteiger partial charge is 0.339 e. The highest BCUT2D eigenvalue weighted by Gasteiger charge is 2.22. The van der Waals surface area contributed by atoms with Crippen LogP contribution >= 0.6 is 0 Å². The summed E-state index contributed by atoms with van der Waals surface area (Å²) in [5, 5.41) is 4.20. The van der Waals surface area contributed by atoms with Crippen LogP contribution in [0.4, 0.5) is 4.39 Å². The molecule has 0 saturated heterocycles. The van der Waals surface area contributed by atoms with Crippen LogP contribution in [0, 0.1) is 12.7 Å². The Morgan fingerprint density at radius 2 is 1.86 bits per heavy atom. The topological polar surface area (TPSA) is 58.4 Å². The second kappa shape index (κ2) is 9.31. The summed E-state index contributed by atoms with van der Waals surface area (Å²) in [6.07, 6.45) is 6.21. The van der Waals surface area contributed by atoms with Crippen LogP contribution in [-0.2, 0) is 0 Å². The lowest BCUT2D eigenvalue weighted by Gasteiger charge is -2.32. The molecule has 1 fully saturated rings. The summed E-state index contributed by atoms with van der Waals surface area (Å²) in [5.74, 6) is -0.912. The van der Waals surface area contributed by atoms with Gasteiger partial charge in [0.15, 0.2) is 5.69 Å². The highest BCUT2D eigenvalue weighted by molar-refractivity contribution is 5.91. The minimum absolute atomic E-state index is 0.193. The maximum atomic E-state index is 14.2. The Bertz CT molecular complexity index is 921. The molecular weight excluding hydrogens is 371 g/mol. The van der Waals surface area contributed by atoms with Crippen LogP contribution in [-0.4, -0.2) is 58.7 Å². The quantitative estimate of drug-likeness (QED) is 0.748. The summed E-state index contributed by atoms with van der Waals surface area (Å²) >= 11 is 0. The van der Waals surface area contributed by atoms with Gasteiger partial charge in [0.1, 0.15) is 11.5 Å². The van der Waals surface area contributed by atoms with Crippen molar-refractivity contribution in [2.24, 2.45) is 0 Å². The summed E-state index contributed by atoms with van der Waals surface area (Å²) in [6.45, 7) is 2.90. The molecule has 1 amide bonds. The van der Waals surface area contributed by atoms with Crippen molar-refractivity contribution in [1.82, 2.24) is 19.6 Å². The summed E-state index contributed by atoms with van der Waals surface area (Å²) in [7, 11) is 3.76. The molecule has 1 aliphatic rings. The number of nitrogens with zero attached hydrogens (tertiary/aromatic N) is 4. The van der Waals surface area contributed by atoms with E-state index >= 15 is 0 Å². The SMILES string of the molecule is Cc1cc(=O)c(C(=O)N(C)CCN(C)C2CCCCC2)nn1-c1ccccc1F. The first kappa shape index (κ1) is 21.2. The number of hydrogen-bond acceptors (Lipinski definition) is 4. The van der Waals surface area contributed by atoms with Crippen molar-refractivity contribution in [1.29, 1.82) is 0 Å². The smallest absolute Gasteiger partial charge is 0.278 e. The molecule has 0 spiro atoms. The van der Waals surface area contributed by atoms with Crippen molar-refractivity contribution >= 4 is 5.91 Å². The Kier molecular flexibility index (Phi) is 6.79. The van der Waals surface area contributed by atoms with Gasteiger partial charge in [-0.2, -0.15) is 5.10 Å². The number of para-hydroxylation sites is 1. The van der Waals surface area contributed by atoms with Crippen LogP contribution in [0.2, 0.25) is 0 Å². The number of carbonyl (C=O) groups excluding carboxylic acids is 1. The number of halogens is 1. The standard InChI is InChI=1S/C22H29FN4O2/c1-16-15-20(28)21(24-27(16)19-12-8-7-11-18(19)23)22(29)26(3)14-13-25(2)17-9-5-4-6-10-17/h7-8,11-12,15,17H,4-6,9-10,13-14H2,1-3H3. The summed E-state index contributed by atoms with van der Waals surface area (Å²) in [4.78, 5) is 29.1. The zero-order chi connectivity index (χ0) is 21.0. The molecule has 0 N–H and O–H groups in total. The zero-order valence-corrected chi connectivity index (χ0v) is 17.4. The number of carbonyl (C=O) groups is 1. The van der Waals surface area contributed by atoms with E-state index in [4.69, 9.17) is 0 Å². The normalized spacial score (nSPS) is 14.9. The maximum Gasteiger partial charge on any atom is 0.278 e. The average molecular weight is 400 g/mol. The van der Waals surface area contributed by atoms with Gasteiger partial charge < -0.3 is 9.80 Å². The second-order valence-corrected chi connectivity index (χ2v) is 7.86. The highest BCUT2D eigenvalue weighted by Crippen LogP contribution is 2.21. The molecule has 1 aromatic heterocycles. The van der Waals surface area contributed by atoms with E-state index in [1.807, 2.05) is 0 Å². The van der Waals surface area contributed by atoms with Gasteiger partial charge in [0.2, 0.25) is 5.43 Å². The summed E-state index contributed by atoms with van der Waals surface area (Å²) in [5.41, 5.74) is 0.0318. The van der Waals surface area contributed by atoms with Crippen LogP contribution in [0.1, 0.15) is 48.3 Å². The van der Waals surface area contributed by atoms with Gasteiger partial charge in [-0.3, -0.25) is 9.59 Å². The van der Waals surface area contributed by atoms with Crippen molar-refractivity contribution < 1.29 is 9.18 Å². The predicted molar refractivity (Wildman–Crippen MR) is 111 cm³/mol. The van der Waals surface area contributed by atoms with Gasteiger partial charge in [-0.05, 0) is 38.9 Å². The number of hydrogen-bond donors (Lipinski definition) is 0. The Morgan fingerprint density at radius 3 is 2.55 bits per heavy atom. The van der Waals surface area contributed by atoms with Crippen LogP contribution in [0.25, 0.3) is 5.69 Å². The fourth-order valence-corrected chi connectivity index (χ4v) is 3.86. The predicted octanol–water partition coefficient (Wildman–Crippen LogP) is 3.02. The molecule has 0 bridgehead atoms. The van der Waals surface area contributed by atoms with Crippen molar-refractivity contribution in [3.63, 3.8) is 0 Å². The van der Waals surface area contributed by atoms with Gasteiger partial charge in [-0.15, -0.1) is 0 Å². The van der Waals surface area contributed by atoms with Gasteiger partial charge >= 0.3 is 0 Å². The third-order valence-electron chi connectivity index (χ3n) is 5.72. The van der Waals surface area contributed by atoms with Crippen LogP contribution in [0.15, 0.2) is 35.1 Å². The number of rotatable bonds is 6. The molecular formula is C22H29FN4O2. The first-order valence-corrected chi connectivity index (χ1v) is 10.2. The summed E-state index contributed by atoms with van der Waals surface area (Å²) in [6, 6.07) is 8.05. The first-order chi connectivity index (χ1) is 13.9. The number of likely N-dealkylation sites (N-methyl/N-ethyl adjacent to an activating group) is 2. The molecule has 1 heterocycles. The van der Waals surface area contributed by atoms with E-state index in [-0.39, 0.29) is 11.4 Å². The molecule has 0 atom stereocenters. The van der Waals surface area contributed by atoms with E-state index in [0.29, 0.717) is 18.3 Å². The molecule has 0 unspecified atom stereocenters. The van der Waals surface area contributed by atoms with Gasteiger partial charge in [-0.25, -0.2) is 9.07 Å². The van der Waals surface area contributed by atoms with E-state index in [1.165, 1.54) is 53.8 Å². The van der Waals surface area contributed by atoms with Crippen LogP contribution in [0.5, 0.6) is 0 Å². The van der Waals surface area contributed by atoms with Gasteiger partial charge in [-0.1, -0.05) is 31.4 Å². The zero-order valence-electron chi connectivity index (χ0n) is 17.4. The Morgan fingerprint density at radius 1 is 1.17 bits per heavy atom. The number of aryl methyl sites for hydroxylation is 1. The van der Waals surface area contributed by atoms with E-state index in [9.17, 15) is 14.0 Å². The van der Waals surface area contributed by atoms with Crippen LogP contribution in [0.3, 0.4) is 0 Å². The van der Waals surface area contributed by atoms with E-state index in [2.05, 4.69) is 17.0 Å². The minimum Gasteiger partial charge on any atom is -0.339 e. The molecule has 156 valence electrons. The van der Waals surface area contributed by atoms with Crippen molar-refractivity contribution in [3.8, 4) is 5.69 Å². The molecule has 29 heavy (non-hydrogen) atoms. The Hall–Kier alpha value is -2.54. The molecule has 6 nitrogen and oxygen atoms in total. The van der Waals surface area contributed by atoms with Gasteiger partial charge in [0.25, 0.3) is 5.91 Å². The van der Waals surface area contributed by atoms with E-state index < -0.39 is 17.2 Å². The monoisotopic (exact) mass is 400 g/mol. The van der Waals surface area contributed by atoms with Crippen molar-refractivity contribution in [3.05, 3.63) is 57.8 Å². The fourth-order valence-electron chi connectivity index (χ4n) is 3.86. The van der Waals surface area contributed by atoms with Crippen LogP contribution < -0.4 is 5.43 Å². The number of aromatic nitrogens is 2. The molecule has 1 aromatic carbocycles. The lowest BCUT2D eigenvalue weighted by Crippen LogP contribution is -2.41. The molecule has 1 aliphatic carbocycles. The van der Waals surface area contributed by atoms with Gasteiger partial charge in [0.05, 0.1) is 0 Å². The van der Waals surface area contributed by atoms with Crippen molar-refractivity contribution in [2.45, 2.75) is 45.1 Å². The average Bonchev–Trinajstić information content (AvgIpc) is 2.73. The molecule has 0 aliphatic heterocycles. The van der Waals surface area contributed by atoms with Gasteiger partial charge in [0, 0.05) is 37.9 Å². The minimum atomic E-state index is -0.465. The number of benzene rings is 1. The van der Waals surface area contributed by atoms with E-state index in [1.54, 1.807) is 32.2 Å². The first-order valence-electron chi connectivity index (χ1n) is 10.2. The lowest BCUT2D eigenvalue weighted by atomic mass is 9.94. The molecule has 0 radical (unpaired) electrons. The number of amides is 1. The Balaban J connectivity index is 1.75. The molecule has 1 saturated carbocycles. The Labute approximate surface area is 170 Å². The molecule has 2 aromatic rings. The maximum absolute atomic E-state index is 14.2. The van der Waals surface area contributed by atoms with E-state index in [0.717, 1.165) is 6.54 Å². The molecule has 3 rings (SSSR count). The molecule has 7 heteroatoms. The second-order valence-electron chi connectivity index (χ2n) is 7.86. The third-order valence-corrected chi connectivity index (χ3v) is 5.72. The third kappa shape index (κ3) is 4.90. The highest BCUT2D eigenvalue weighted by atomic mass is 19.1. The summed E-state index contributed by atoms with van der Waals surface area (Å²) < 4.78 is 15.5.